The van der Waals surface area contributed by atoms with Crippen molar-refractivity contribution in [2.75, 3.05) is 30.4 Å². The van der Waals surface area contributed by atoms with Crippen molar-refractivity contribution in [3.63, 3.8) is 0 Å². The van der Waals surface area contributed by atoms with Gasteiger partial charge in [0.25, 0.3) is 0 Å². The van der Waals surface area contributed by atoms with Gasteiger partial charge in [-0.2, -0.15) is 0 Å². The fourth-order valence-corrected chi connectivity index (χ4v) is 3.44. The molecule has 1 aromatic rings. The minimum absolute atomic E-state index is 0.132. The number of hydrogen-bond acceptors (Lipinski definition) is 5. The smallest absolute Gasteiger partial charge is 0.240 e. The Hall–Kier alpha value is -1.12. The highest BCUT2D eigenvalue weighted by molar-refractivity contribution is 7.90. The number of benzene rings is 1. The Bertz CT molecular complexity index is 637. The Kier molecular flexibility index (Phi) is 6.63. The summed E-state index contributed by atoms with van der Waals surface area (Å²) in [7, 11) is -6.38. The van der Waals surface area contributed by atoms with Crippen molar-refractivity contribution in [1.82, 2.24) is 4.72 Å². The number of anilines is 1. The first kappa shape index (κ1) is 17.9. The Morgan fingerprint density at radius 1 is 1.00 bits per heavy atom. The van der Waals surface area contributed by atoms with E-state index in [1.165, 1.54) is 18.4 Å². The van der Waals surface area contributed by atoms with E-state index < -0.39 is 19.9 Å². The molecule has 0 saturated carbocycles. The largest absolute Gasteiger partial charge is 0.385 e. The van der Waals surface area contributed by atoms with E-state index in [0.717, 1.165) is 12.1 Å². The highest BCUT2D eigenvalue weighted by atomic mass is 32.2. The van der Waals surface area contributed by atoms with E-state index in [1.54, 1.807) is 12.1 Å². The fraction of sp³-hybridized carbons (Fsp3) is 0.538. The van der Waals surface area contributed by atoms with Gasteiger partial charge < -0.3 is 5.32 Å². The van der Waals surface area contributed by atoms with Crippen LogP contribution in [0.1, 0.15) is 19.8 Å². The van der Waals surface area contributed by atoms with Crippen molar-refractivity contribution < 1.29 is 16.8 Å². The summed E-state index contributed by atoms with van der Waals surface area (Å²) in [6, 6.07) is 6.38. The van der Waals surface area contributed by atoms with Crippen LogP contribution in [0.15, 0.2) is 29.2 Å². The SMILES string of the molecule is CCCNS(=O)(=O)c1ccc(NCCCS(C)(=O)=O)cc1. The van der Waals surface area contributed by atoms with Gasteiger partial charge in [0, 0.05) is 25.0 Å². The van der Waals surface area contributed by atoms with Gasteiger partial charge in [-0.1, -0.05) is 6.92 Å². The molecule has 0 saturated heterocycles. The summed E-state index contributed by atoms with van der Waals surface area (Å²) in [5.74, 6) is 0.132. The van der Waals surface area contributed by atoms with Crippen LogP contribution in [0, 0.1) is 0 Å². The summed E-state index contributed by atoms with van der Waals surface area (Å²) in [6.07, 6.45) is 2.45. The van der Waals surface area contributed by atoms with Crippen molar-refractivity contribution in [2.24, 2.45) is 0 Å². The van der Waals surface area contributed by atoms with E-state index in [9.17, 15) is 16.8 Å². The predicted molar refractivity (Wildman–Crippen MR) is 84.7 cm³/mol. The highest BCUT2D eigenvalue weighted by Gasteiger charge is 2.12. The van der Waals surface area contributed by atoms with Crippen molar-refractivity contribution in [3.8, 4) is 0 Å². The molecule has 0 aliphatic carbocycles. The molecule has 0 heterocycles. The Balaban J connectivity index is 2.54. The third kappa shape index (κ3) is 6.92. The van der Waals surface area contributed by atoms with E-state index in [4.69, 9.17) is 0 Å². The maximum absolute atomic E-state index is 11.9. The average Bonchev–Trinajstić information content (AvgIpc) is 2.41. The molecule has 120 valence electrons. The molecule has 6 nitrogen and oxygen atoms in total. The number of sulfone groups is 1. The highest BCUT2D eigenvalue weighted by Crippen LogP contribution is 2.14. The van der Waals surface area contributed by atoms with Gasteiger partial charge in [-0.05, 0) is 37.1 Å². The molecular weight excluding hydrogens is 312 g/mol. The lowest BCUT2D eigenvalue weighted by Gasteiger charge is -2.08. The van der Waals surface area contributed by atoms with E-state index in [-0.39, 0.29) is 10.6 Å². The second-order valence-corrected chi connectivity index (χ2v) is 8.86. The van der Waals surface area contributed by atoms with Gasteiger partial charge in [-0.3, -0.25) is 0 Å². The van der Waals surface area contributed by atoms with Crippen molar-refractivity contribution >= 4 is 25.5 Å². The van der Waals surface area contributed by atoms with E-state index >= 15 is 0 Å². The zero-order valence-electron chi connectivity index (χ0n) is 12.3. The summed E-state index contributed by atoms with van der Waals surface area (Å²) >= 11 is 0. The van der Waals surface area contributed by atoms with Crippen LogP contribution in [0.4, 0.5) is 5.69 Å². The monoisotopic (exact) mass is 334 g/mol. The molecular formula is C13H22N2O4S2. The summed E-state index contributed by atoms with van der Waals surface area (Å²) in [6.45, 7) is 2.83. The summed E-state index contributed by atoms with van der Waals surface area (Å²) in [5, 5.41) is 3.06. The lowest BCUT2D eigenvalue weighted by Crippen LogP contribution is -2.24. The normalized spacial score (nSPS) is 12.3. The third-order valence-corrected chi connectivity index (χ3v) is 5.23. The molecule has 8 heteroatoms. The molecule has 21 heavy (non-hydrogen) atoms. The van der Waals surface area contributed by atoms with Crippen LogP contribution >= 0.6 is 0 Å². The average molecular weight is 334 g/mol. The topological polar surface area (TPSA) is 92.3 Å². The first-order valence-electron chi connectivity index (χ1n) is 6.76. The van der Waals surface area contributed by atoms with Gasteiger partial charge in [0.05, 0.1) is 10.6 Å². The van der Waals surface area contributed by atoms with Crippen LogP contribution in [0.3, 0.4) is 0 Å². The molecule has 0 unspecified atom stereocenters. The first-order chi connectivity index (χ1) is 9.74. The first-order valence-corrected chi connectivity index (χ1v) is 10.3. The Morgan fingerprint density at radius 3 is 2.14 bits per heavy atom. The molecule has 1 rings (SSSR count). The molecule has 0 amide bonds. The Labute approximate surface area is 126 Å². The molecule has 0 bridgehead atoms. The van der Waals surface area contributed by atoms with Gasteiger partial charge >= 0.3 is 0 Å². The molecule has 0 radical (unpaired) electrons. The molecule has 0 fully saturated rings. The van der Waals surface area contributed by atoms with E-state index in [1.807, 2.05) is 6.92 Å². The molecule has 0 atom stereocenters. The van der Waals surface area contributed by atoms with Crippen molar-refractivity contribution in [1.29, 1.82) is 0 Å². The predicted octanol–water partition coefficient (Wildman–Crippen LogP) is 1.22. The van der Waals surface area contributed by atoms with E-state index in [2.05, 4.69) is 10.0 Å². The van der Waals surface area contributed by atoms with Crippen molar-refractivity contribution in [3.05, 3.63) is 24.3 Å². The lowest BCUT2D eigenvalue weighted by molar-refractivity contribution is 0.580. The van der Waals surface area contributed by atoms with Gasteiger partial charge in [-0.25, -0.2) is 21.6 Å². The third-order valence-electron chi connectivity index (χ3n) is 2.73. The van der Waals surface area contributed by atoms with Gasteiger partial charge in [0.1, 0.15) is 9.84 Å². The summed E-state index contributed by atoms with van der Waals surface area (Å²) < 4.78 is 48.2. The minimum Gasteiger partial charge on any atom is -0.385 e. The molecule has 1 aromatic carbocycles. The molecule has 0 aliphatic rings. The van der Waals surface area contributed by atoms with Crippen molar-refractivity contribution in [2.45, 2.75) is 24.7 Å². The maximum atomic E-state index is 11.9. The van der Waals surface area contributed by atoms with Gasteiger partial charge in [0.15, 0.2) is 0 Å². The summed E-state index contributed by atoms with van der Waals surface area (Å²) in [5.41, 5.74) is 0.762. The van der Waals surface area contributed by atoms with Crippen LogP contribution in [-0.2, 0) is 19.9 Å². The molecule has 0 spiro atoms. The minimum atomic E-state index is -3.44. The zero-order valence-corrected chi connectivity index (χ0v) is 13.9. The molecule has 0 aliphatic heterocycles. The quantitative estimate of drug-likeness (QED) is 0.663. The maximum Gasteiger partial charge on any atom is 0.240 e. The zero-order chi connectivity index (χ0) is 15.9. The summed E-state index contributed by atoms with van der Waals surface area (Å²) in [4.78, 5) is 0.220. The van der Waals surface area contributed by atoms with E-state index in [0.29, 0.717) is 19.5 Å². The number of sulfonamides is 1. The number of hydrogen-bond donors (Lipinski definition) is 2. The second-order valence-electron chi connectivity index (χ2n) is 4.83. The standard InChI is InChI=1S/C13H22N2O4S2/c1-3-9-15-21(18,19)13-7-5-12(6-8-13)14-10-4-11-20(2,16)17/h5-8,14-15H,3-4,9-11H2,1-2H3. The number of nitrogens with one attached hydrogen (secondary N) is 2. The van der Waals surface area contributed by atoms with Crippen LogP contribution < -0.4 is 10.0 Å². The number of rotatable bonds is 9. The van der Waals surface area contributed by atoms with Crippen LogP contribution in [0.25, 0.3) is 0 Å². The fourth-order valence-electron chi connectivity index (χ4n) is 1.64. The van der Waals surface area contributed by atoms with Crippen LogP contribution in [0.2, 0.25) is 0 Å². The molecule has 2 N–H and O–H groups in total. The van der Waals surface area contributed by atoms with Crippen LogP contribution in [0.5, 0.6) is 0 Å². The van der Waals surface area contributed by atoms with Gasteiger partial charge in [-0.15, -0.1) is 0 Å². The Morgan fingerprint density at radius 2 is 1.62 bits per heavy atom. The second kappa shape index (κ2) is 7.77. The van der Waals surface area contributed by atoms with Gasteiger partial charge in [0.2, 0.25) is 10.0 Å². The van der Waals surface area contributed by atoms with Crippen LogP contribution in [-0.4, -0.2) is 41.9 Å². The lowest BCUT2D eigenvalue weighted by atomic mass is 10.3. The molecule has 0 aromatic heterocycles.